The van der Waals surface area contributed by atoms with E-state index in [0.29, 0.717) is 16.9 Å². The van der Waals surface area contributed by atoms with Gasteiger partial charge in [-0.15, -0.1) is 0 Å². The highest BCUT2D eigenvalue weighted by atomic mass is 127. The molecule has 0 spiro atoms. The quantitative estimate of drug-likeness (QED) is 0.431. The topological polar surface area (TPSA) is 25.8 Å². The van der Waals surface area contributed by atoms with Crippen LogP contribution in [0.15, 0.2) is 22.7 Å². The molecular weight excluding hydrogens is 450 g/mol. The molecule has 0 atom stereocenters. The molecule has 1 aromatic heterocycles. The summed E-state index contributed by atoms with van der Waals surface area (Å²) in [4.78, 5) is 9.15. The van der Waals surface area contributed by atoms with E-state index in [1.807, 2.05) is 12.1 Å². The number of hydrogen-bond donors (Lipinski definition) is 0. The van der Waals surface area contributed by atoms with Gasteiger partial charge in [0, 0.05) is 10.0 Å². The van der Waals surface area contributed by atoms with Crippen LogP contribution in [0.5, 0.6) is 0 Å². The van der Waals surface area contributed by atoms with Crippen molar-refractivity contribution < 1.29 is 0 Å². The van der Waals surface area contributed by atoms with Crippen LogP contribution in [0, 0.1) is 16.4 Å². The highest BCUT2D eigenvalue weighted by Gasteiger charge is 2.14. The first-order chi connectivity index (χ1) is 9.38. The second-order valence-corrected chi connectivity index (χ2v) is 7.51. The van der Waals surface area contributed by atoms with Gasteiger partial charge in [0.25, 0.3) is 0 Å². The number of nitrogens with zero attached hydrogens (tertiary/aromatic N) is 2. The average Bonchev–Trinajstić information content (AvgIpc) is 2.34. The Hall–Kier alpha value is -0.200. The van der Waals surface area contributed by atoms with Gasteiger partial charge in [0.1, 0.15) is 5.15 Å². The summed E-state index contributed by atoms with van der Waals surface area (Å²) in [6, 6.07) is 6.09. The first-order valence-corrected chi connectivity index (χ1v) is 8.62. The molecule has 0 unspecified atom stereocenters. The molecule has 0 aliphatic heterocycles. The lowest BCUT2D eigenvalue weighted by molar-refractivity contribution is 0.632. The molecule has 0 aliphatic carbocycles. The summed E-state index contributed by atoms with van der Waals surface area (Å²) >= 11 is 12.0. The van der Waals surface area contributed by atoms with Crippen LogP contribution in [-0.2, 0) is 6.42 Å². The third-order valence-corrected chi connectivity index (χ3v) is 5.13. The van der Waals surface area contributed by atoms with Crippen molar-refractivity contribution in [3.63, 3.8) is 0 Å². The first kappa shape index (κ1) is 16.2. The SMILES string of the molecule is Cc1cc(Br)ccc1-c1nc(Cl)c(I)c(CC(C)C)n1. The van der Waals surface area contributed by atoms with Crippen molar-refractivity contribution in [2.45, 2.75) is 27.2 Å². The van der Waals surface area contributed by atoms with E-state index in [4.69, 9.17) is 16.6 Å². The van der Waals surface area contributed by atoms with E-state index >= 15 is 0 Å². The Balaban J connectivity index is 2.54. The van der Waals surface area contributed by atoms with Gasteiger partial charge in [0.15, 0.2) is 5.82 Å². The Bertz CT molecular complexity index is 644. The molecule has 0 aliphatic rings. The van der Waals surface area contributed by atoms with Crippen molar-refractivity contribution in [1.29, 1.82) is 0 Å². The third kappa shape index (κ3) is 3.71. The van der Waals surface area contributed by atoms with Gasteiger partial charge in [0.05, 0.1) is 9.26 Å². The number of halogens is 3. The Morgan fingerprint density at radius 3 is 2.60 bits per heavy atom. The van der Waals surface area contributed by atoms with Crippen molar-refractivity contribution in [2.75, 3.05) is 0 Å². The first-order valence-electron chi connectivity index (χ1n) is 6.37. The molecule has 5 heteroatoms. The summed E-state index contributed by atoms with van der Waals surface area (Å²) in [6.07, 6.45) is 0.906. The number of hydrogen-bond acceptors (Lipinski definition) is 2. The lowest BCUT2D eigenvalue weighted by Gasteiger charge is -2.11. The van der Waals surface area contributed by atoms with Gasteiger partial charge in [-0.25, -0.2) is 9.97 Å². The number of benzene rings is 1. The van der Waals surface area contributed by atoms with Crippen molar-refractivity contribution >= 4 is 50.1 Å². The summed E-state index contributed by atoms with van der Waals surface area (Å²) in [5, 5.41) is 0.536. The lowest BCUT2D eigenvalue weighted by atomic mass is 10.1. The van der Waals surface area contributed by atoms with E-state index in [2.05, 4.69) is 70.3 Å². The molecule has 0 saturated heterocycles. The zero-order valence-corrected chi connectivity index (χ0v) is 16.0. The van der Waals surface area contributed by atoms with Crippen LogP contribution in [0.4, 0.5) is 0 Å². The fourth-order valence-electron chi connectivity index (χ4n) is 1.98. The van der Waals surface area contributed by atoms with E-state index < -0.39 is 0 Å². The van der Waals surface area contributed by atoms with Crippen molar-refractivity contribution in [3.05, 3.63) is 42.7 Å². The predicted molar refractivity (Wildman–Crippen MR) is 96.2 cm³/mol. The summed E-state index contributed by atoms with van der Waals surface area (Å²) in [5.41, 5.74) is 3.18. The molecule has 2 rings (SSSR count). The van der Waals surface area contributed by atoms with Gasteiger partial charge < -0.3 is 0 Å². The Kier molecular flexibility index (Phi) is 5.42. The van der Waals surface area contributed by atoms with E-state index in [9.17, 15) is 0 Å². The smallest absolute Gasteiger partial charge is 0.161 e. The largest absolute Gasteiger partial charge is 0.232 e. The molecule has 0 fully saturated rings. The molecule has 0 amide bonds. The molecule has 2 nitrogen and oxygen atoms in total. The second-order valence-electron chi connectivity index (χ2n) is 5.16. The van der Waals surface area contributed by atoms with Gasteiger partial charge in [-0.05, 0) is 65.6 Å². The molecule has 0 radical (unpaired) electrons. The van der Waals surface area contributed by atoms with Crippen molar-refractivity contribution in [1.82, 2.24) is 9.97 Å². The average molecular weight is 466 g/mol. The van der Waals surface area contributed by atoms with Gasteiger partial charge >= 0.3 is 0 Å². The molecule has 1 heterocycles. The summed E-state index contributed by atoms with van der Waals surface area (Å²) in [5.74, 6) is 1.24. The highest BCUT2D eigenvalue weighted by molar-refractivity contribution is 14.1. The monoisotopic (exact) mass is 464 g/mol. The van der Waals surface area contributed by atoms with E-state index in [1.165, 1.54) is 0 Å². The van der Waals surface area contributed by atoms with Crippen LogP contribution in [0.3, 0.4) is 0 Å². The van der Waals surface area contributed by atoms with Crippen molar-refractivity contribution in [2.24, 2.45) is 5.92 Å². The number of aryl methyl sites for hydroxylation is 1. The number of rotatable bonds is 3. The molecule has 0 N–H and O–H groups in total. The molecule has 20 heavy (non-hydrogen) atoms. The standard InChI is InChI=1S/C15H15BrClIN2/c1-8(2)6-12-13(18)14(17)20-15(19-12)11-5-4-10(16)7-9(11)3/h4-5,7-8H,6H2,1-3H3. The minimum Gasteiger partial charge on any atom is -0.232 e. The van der Waals surface area contributed by atoms with E-state index in [0.717, 1.165) is 31.3 Å². The van der Waals surface area contributed by atoms with Crippen LogP contribution in [-0.4, -0.2) is 9.97 Å². The van der Waals surface area contributed by atoms with Gasteiger partial charge in [-0.2, -0.15) is 0 Å². The van der Waals surface area contributed by atoms with E-state index in [-0.39, 0.29) is 0 Å². The van der Waals surface area contributed by atoms with Gasteiger partial charge in [-0.1, -0.05) is 41.4 Å². The Morgan fingerprint density at radius 1 is 1.30 bits per heavy atom. The minimum atomic E-state index is 0.536. The number of aromatic nitrogens is 2. The fraction of sp³-hybridized carbons (Fsp3) is 0.333. The van der Waals surface area contributed by atoms with Crippen LogP contribution in [0.2, 0.25) is 5.15 Å². The molecule has 0 saturated carbocycles. The summed E-state index contributed by atoms with van der Waals surface area (Å²) in [7, 11) is 0. The molecule has 106 valence electrons. The molecular formula is C15H15BrClIN2. The minimum absolute atomic E-state index is 0.536. The fourth-order valence-corrected chi connectivity index (χ4v) is 3.11. The van der Waals surface area contributed by atoms with Crippen LogP contribution >= 0.6 is 50.1 Å². The highest BCUT2D eigenvalue weighted by Crippen LogP contribution is 2.28. The zero-order chi connectivity index (χ0) is 14.9. The van der Waals surface area contributed by atoms with Gasteiger partial charge in [-0.3, -0.25) is 0 Å². The Morgan fingerprint density at radius 2 is 2.00 bits per heavy atom. The maximum absolute atomic E-state index is 6.27. The zero-order valence-electron chi connectivity index (χ0n) is 11.5. The molecule has 1 aromatic carbocycles. The van der Waals surface area contributed by atoms with Crippen LogP contribution in [0.1, 0.15) is 25.1 Å². The van der Waals surface area contributed by atoms with Crippen LogP contribution in [0.25, 0.3) is 11.4 Å². The summed E-state index contributed by atoms with van der Waals surface area (Å²) in [6.45, 7) is 6.41. The summed E-state index contributed by atoms with van der Waals surface area (Å²) < 4.78 is 2.01. The van der Waals surface area contributed by atoms with Gasteiger partial charge in [0.2, 0.25) is 0 Å². The second kappa shape index (κ2) is 6.71. The lowest BCUT2D eigenvalue weighted by Crippen LogP contribution is -2.05. The predicted octanol–water partition coefficient (Wildman–Crippen LogP) is 5.67. The normalized spacial score (nSPS) is 11.2. The Labute approximate surface area is 146 Å². The van der Waals surface area contributed by atoms with Crippen LogP contribution < -0.4 is 0 Å². The van der Waals surface area contributed by atoms with E-state index in [1.54, 1.807) is 0 Å². The molecule has 2 aromatic rings. The maximum atomic E-state index is 6.27. The maximum Gasteiger partial charge on any atom is 0.161 e. The van der Waals surface area contributed by atoms with Crippen molar-refractivity contribution in [3.8, 4) is 11.4 Å². The molecule has 0 bridgehead atoms. The third-order valence-electron chi connectivity index (χ3n) is 2.91.